The van der Waals surface area contributed by atoms with Crippen LogP contribution in [0.3, 0.4) is 0 Å². The lowest BCUT2D eigenvalue weighted by Gasteiger charge is -2.21. The lowest BCUT2D eigenvalue weighted by atomic mass is 9.90. The fourth-order valence-corrected chi connectivity index (χ4v) is 2.81. The smallest absolute Gasteiger partial charge is 0.319 e. The number of rotatable bonds is 4. The van der Waals surface area contributed by atoms with Crippen LogP contribution in [0.4, 0.5) is 10.5 Å². The van der Waals surface area contributed by atoms with Crippen molar-refractivity contribution in [3.05, 3.63) is 53.5 Å². The van der Waals surface area contributed by atoms with Crippen LogP contribution in [0.1, 0.15) is 41.4 Å². The van der Waals surface area contributed by atoms with Crippen molar-refractivity contribution in [2.45, 2.75) is 31.8 Å². The van der Waals surface area contributed by atoms with Crippen LogP contribution in [-0.4, -0.2) is 23.5 Å². The Morgan fingerprint density at radius 2 is 2.17 bits per heavy atom. The summed E-state index contributed by atoms with van der Waals surface area (Å²) in [6.45, 7) is 1.56. The number of aliphatic hydroxyl groups is 1. The molecule has 24 heavy (non-hydrogen) atoms. The minimum atomic E-state index is -1.30. The number of amides is 2. The van der Waals surface area contributed by atoms with Crippen LogP contribution in [0.15, 0.2) is 41.0 Å². The summed E-state index contributed by atoms with van der Waals surface area (Å²) in [5.41, 5.74) is 0.964. The molecular weight excluding hydrogens is 308 g/mol. The molecule has 6 nitrogen and oxygen atoms in total. The number of hydrogen-bond acceptors (Lipinski definition) is 4. The number of aryl methyl sites for hydroxylation is 1. The standard InChI is InChI=1S/C18H20N2O4/c1-18(23,16-6-3-9-24-16)11-19-17(22)20-13-8-7-12-4-2-5-15(21)14(12)10-13/h3,6-10,23H,2,4-5,11H2,1H3,(H2,19,20,22). The number of urea groups is 1. The van der Waals surface area contributed by atoms with Gasteiger partial charge in [0.1, 0.15) is 11.4 Å². The van der Waals surface area contributed by atoms with E-state index in [2.05, 4.69) is 10.6 Å². The number of nitrogens with one attached hydrogen (secondary N) is 2. The second-order valence-electron chi connectivity index (χ2n) is 6.21. The summed E-state index contributed by atoms with van der Waals surface area (Å²) in [4.78, 5) is 24.0. The molecule has 1 unspecified atom stereocenters. The topological polar surface area (TPSA) is 91.6 Å². The molecule has 0 spiro atoms. The quantitative estimate of drug-likeness (QED) is 0.805. The highest BCUT2D eigenvalue weighted by atomic mass is 16.4. The van der Waals surface area contributed by atoms with Crippen LogP contribution < -0.4 is 10.6 Å². The largest absolute Gasteiger partial charge is 0.466 e. The molecule has 0 aliphatic heterocycles. The zero-order valence-electron chi connectivity index (χ0n) is 13.5. The van der Waals surface area contributed by atoms with Crippen molar-refractivity contribution in [1.29, 1.82) is 0 Å². The molecule has 1 aromatic heterocycles. The number of carbonyl (C=O) groups excluding carboxylic acids is 2. The van der Waals surface area contributed by atoms with Crippen molar-refractivity contribution in [3.63, 3.8) is 0 Å². The van der Waals surface area contributed by atoms with Crippen LogP contribution in [0.2, 0.25) is 0 Å². The zero-order chi connectivity index (χ0) is 17.2. The van der Waals surface area contributed by atoms with Gasteiger partial charge in [0.15, 0.2) is 5.78 Å². The predicted octanol–water partition coefficient (Wildman–Crippen LogP) is 2.83. The summed E-state index contributed by atoms with van der Waals surface area (Å²) >= 11 is 0. The van der Waals surface area contributed by atoms with Gasteiger partial charge in [0.05, 0.1) is 12.8 Å². The van der Waals surface area contributed by atoms with Gasteiger partial charge in [0, 0.05) is 17.7 Å². The average molecular weight is 328 g/mol. The summed E-state index contributed by atoms with van der Waals surface area (Å²) in [5.74, 6) is 0.489. The van der Waals surface area contributed by atoms with Crippen LogP contribution in [0, 0.1) is 0 Å². The minimum absolute atomic E-state index is 0.00375. The molecule has 0 saturated heterocycles. The monoisotopic (exact) mass is 328 g/mol. The molecule has 126 valence electrons. The summed E-state index contributed by atoms with van der Waals surface area (Å²) in [6, 6.07) is 8.23. The maximum absolute atomic E-state index is 12.0. The molecular formula is C18H20N2O4. The number of Topliss-reactive ketones (excluding diaryl/α,β-unsaturated/α-hetero) is 1. The van der Waals surface area contributed by atoms with E-state index in [1.807, 2.05) is 6.07 Å². The molecule has 1 aromatic carbocycles. The Labute approximate surface area is 139 Å². The van der Waals surface area contributed by atoms with Crippen molar-refractivity contribution in [2.24, 2.45) is 0 Å². The number of anilines is 1. The Kier molecular flexibility index (Phi) is 4.40. The molecule has 0 bridgehead atoms. The first-order valence-electron chi connectivity index (χ1n) is 7.93. The fraction of sp³-hybridized carbons (Fsp3) is 0.333. The first-order valence-corrected chi connectivity index (χ1v) is 7.93. The normalized spacial score (nSPS) is 16.2. The molecule has 1 aliphatic carbocycles. The maximum Gasteiger partial charge on any atom is 0.319 e. The van der Waals surface area contributed by atoms with Crippen LogP contribution >= 0.6 is 0 Å². The van der Waals surface area contributed by atoms with Gasteiger partial charge in [0.25, 0.3) is 0 Å². The molecule has 2 amide bonds. The Balaban J connectivity index is 1.61. The Morgan fingerprint density at radius 3 is 2.92 bits per heavy atom. The Bertz CT molecular complexity index is 750. The van der Waals surface area contributed by atoms with E-state index < -0.39 is 11.6 Å². The molecule has 3 rings (SSSR count). The van der Waals surface area contributed by atoms with Crippen LogP contribution in [0.5, 0.6) is 0 Å². The molecule has 2 aromatic rings. The molecule has 0 saturated carbocycles. The van der Waals surface area contributed by atoms with E-state index in [1.165, 1.54) is 6.26 Å². The highest BCUT2D eigenvalue weighted by Crippen LogP contribution is 2.24. The number of hydrogen-bond donors (Lipinski definition) is 3. The summed E-state index contributed by atoms with van der Waals surface area (Å²) in [7, 11) is 0. The van der Waals surface area contributed by atoms with Gasteiger partial charge in [-0.25, -0.2) is 4.79 Å². The number of benzene rings is 1. The maximum atomic E-state index is 12.0. The third-order valence-electron chi connectivity index (χ3n) is 4.16. The van der Waals surface area contributed by atoms with E-state index in [1.54, 1.807) is 31.2 Å². The van der Waals surface area contributed by atoms with E-state index in [9.17, 15) is 14.7 Å². The lowest BCUT2D eigenvalue weighted by molar-refractivity contribution is 0.0372. The van der Waals surface area contributed by atoms with E-state index in [0.717, 1.165) is 18.4 Å². The molecule has 3 N–H and O–H groups in total. The highest BCUT2D eigenvalue weighted by molar-refractivity contribution is 6.00. The van der Waals surface area contributed by atoms with Gasteiger partial charge < -0.3 is 20.2 Å². The Hall–Kier alpha value is -2.60. The molecule has 1 atom stereocenters. The van der Waals surface area contributed by atoms with Crippen molar-refractivity contribution < 1.29 is 19.1 Å². The molecule has 0 radical (unpaired) electrons. The van der Waals surface area contributed by atoms with Gasteiger partial charge in [-0.1, -0.05) is 6.07 Å². The second-order valence-corrected chi connectivity index (χ2v) is 6.21. The van der Waals surface area contributed by atoms with Crippen molar-refractivity contribution in [3.8, 4) is 0 Å². The number of furan rings is 1. The fourth-order valence-electron chi connectivity index (χ4n) is 2.81. The van der Waals surface area contributed by atoms with E-state index in [0.29, 0.717) is 23.4 Å². The second kappa shape index (κ2) is 6.49. The van der Waals surface area contributed by atoms with E-state index in [4.69, 9.17) is 4.42 Å². The average Bonchev–Trinajstić information content (AvgIpc) is 3.09. The number of carbonyl (C=O) groups is 2. The van der Waals surface area contributed by atoms with Gasteiger partial charge in [0.2, 0.25) is 0 Å². The van der Waals surface area contributed by atoms with Gasteiger partial charge in [-0.15, -0.1) is 0 Å². The minimum Gasteiger partial charge on any atom is -0.466 e. The van der Waals surface area contributed by atoms with Crippen LogP contribution in [0.25, 0.3) is 0 Å². The van der Waals surface area contributed by atoms with Gasteiger partial charge in [-0.2, -0.15) is 0 Å². The van der Waals surface area contributed by atoms with Gasteiger partial charge >= 0.3 is 6.03 Å². The zero-order valence-corrected chi connectivity index (χ0v) is 13.5. The lowest BCUT2D eigenvalue weighted by Crippen LogP contribution is -2.40. The van der Waals surface area contributed by atoms with Crippen LogP contribution in [-0.2, 0) is 12.0 Å². The van der Waals surface area contributed by atoms with E-state index in [-0.39, 0.29) is 12.3 Å². The first-order chi connectivity index (χ1) is 11.5. The van der Waals surface area contributed by atoms with Gasteiger partial charge in [-0.3, -0.25) is 4.79 Å². The summed E-state index contributed by atoms with van der Waals surface area (Å²) in [5, 5.41) is 15.6. The van der Waals surface area contributed by atoms with E-state index >= 15 is 0 Å². The molecule has 1 heterocycles. The summed E-state index contributed by atoms with van der Waals surface area (Å²) < 4.78 is 5.16. The Morgan fingerprint density at radius 1 is 1.33 bits per heavy atom. The van der Waals surface area contributed by atoms with Crippen molar-refractivity contribution >= 4 is 17.5 Å². The highest BCUT2D eigenvalue weighted by Gasteiger charge is 2.27. The van der Waals surface area contributed by atoms with Crippen molar-refractivity contribution in [1.82, 2.24) is 5.32 Å². The SMILES string of the molecule is CC(O)(CNC(=O)Nc1ccc2c(c1)C(=O)CCC2)c1ccco1. The number of fused-ring (bicyclic) bond motifs is 1. The predicted molar refractivity (Wildman–Crippen MR) is 89.0 cm³/mol. The number of ketones is 1. The first kappa shape index (κ1) is 16.3. The molecule has 0 fully saturated rings. The molecule has 6 heteroatoms. The third kappa shape index (κ3) is 3.49. The van der Waals surface area contributed by atoms with Crippen molar-refractivity contribution in [2.75, 3.05) is 11.9 Å². The third-order valence-corrected chi connectivity index (χ3v) is 4.16. The molecule has 1 aliphatic rings. The van der Waals surface area contributed by atoms with Gasteiger partial charge in [-0.05, 0) is 49.6 Å². The summed E-state index contributed by atoms with van der Waals surface area (Å²) in [6.07, 6.45) is 3.78.